The second kappa shape index (κ2) is 6.43. The molecule has 1 fully saturated rings. The summed E-state index contributed by atoms with van der Waals surface area (Å²) in [6.45, 7) is 6.83. The number of hydrogen-bond acceptors (Lipinski definition) is 6. The van der Waals surface area contributed by atoms with Crippen molar-refractivity contribution in [3.63, 3.8) is 0 Å². The molecule has 2 rings (SSSR count). The standard InChI is InChI=1S/C13H20ClN5O2/c1-13(2,3)21-12(20)19-6-4-5-9(7-19)17-11-16-8-15-10(14)18-11/h8-9H,4-7H2,1-3H3,(H,15,16,17,18)/t9-/m1/s1. The van der Waals surface area contributed by atoms with Crippen LogP contribution in [0.5, 0.6) is 0 Å². The van der Waals surface area contributed by atoms with Gasteiger partial charge in [-0.05, 0) is 45.2 Å². The van der Waals surface area contributed by atoms with Crippen LogP contribution in [0.1, 0.15) is 33.6 Å². The zero-order valence-electron chi connectivity index (χ0n) is 12.5. The number of likely N-dealkylation sites (tertiary alicyclic amines) is 1. The second-order valence-electron chi connectivity index (χ2n) is 5.99. The Morgan fingerprint density at radius 1 is 1.48 bits per heavy atom. The van der Waals surface area contributed by atoms with Crippen molar-refractivity contribution in [1.29, 1.82) is 0 Å². The van der Waals surface area contributed by atoms with Crippen molar-refractivity contribution < 1.29 is 9.53 Å². The van der Waals surface area contributed by atoms with Gasteiger partial charge in [-0.2, -0.15) is 4.98 Å². The smallest absolute Gasteiger partial charge is 0.410 e. The molecule has 116 valence electrons. The topological polar surface area (TPSA) is 80.2 Å². The molecule has 2 heterocycles. The summed E-state index contributed by atoms with van der Waals surface area (Å²) in [7, 11) is 0. The van der Waals surface area contributed by atoms with Gasteiger partial charge in [-0.3, -0.25) is 0 Å². The number of carbonyl (C=O) groups is 1. The van der Waals surface area contributed by atoms with Crippen LogP contribution in [0.15, 0.2) is 6.33 Å². The molecule has 0 unspecified atom stereocenters. The molecular weight excluding hydrogens is 294 g/mol. The van der Waals surface area contributed by atoms with E-state index >= 15 is 0 Å². The highest BCUT2D eigenvalue weighted by molar-refractivity contribution is 6.28. The van der Waals surface area contributed by atoms with E-state index in [1.807, 2.05) is 20.8 Å². The van der Waals surface area contributed by atoms with Crippen LogP contribution < -0.4 is 5.32 Å². The first-order valence-corrected chi connectivity index (χ1v) is 7.30. The van der Waals surface area contributed by atoms with Crippen LogP contribution in [0.25, 0.3) is 0 Å². The van der Waals surface area contributed by atoms with Crippen LogP contribution in [0.3, 0.4) is 0 Å². The lowest BCUT2D eigenvalue weighted by Crippen LogP contribution is -2.47. The third-order valence-corrected chi connectivity index (χ3v) is 3.13. The fraction of sp³-hybridized carbons (Fsp3) is 0.692. The summed E-state index contributed by atoms with van der Waals surface area (Å²) >= 11 is 5.73. The monoisotopic (exact) mass is 313 g/mol. The number of piperidine rings is 1. The fourth-order valence-electron chi connectivity index (χ4n) is 2.12. The number of ether oxygens (including phenoxy) is 1. The number of hydrogen-bond donors (Lipinski definition) is 1. The molecule has 1 N–H and O–H groups in total. The van der Waals surface area contributed by atoms with Crippen LogP contribution in [-0.4, -0.2) is 50.7 Å². The first-order chi connectivity index (χ1) is 9.83. The summed E-state index contributed by atoms with van der Waals surface area (Å²) in [4.78, 5) is 25.5. The minimum atomic E-state index is -0.487. The van der Waals surface area contributed by atoms with Gasteiger partial charge in [0, 0.05) is 19.1 Å². The predicted molar refractivity (Wildman–Crippen MR) is 79.3 cm³/mol. The maximum absolute atomic E-state index is 12.1. The van der Waals surface area contributed by atoms with Gasteiger partial charge in [-0.15, -0.1) is 0 Å². The number of nitrogens with one attached hydrogen (secondary N) is 1. The highest BCUT2D eigenvalue weighted by atomic mass is 35.5. The van der Waals surface area contributed by atoms with E-state index in [-0.39, 0.29) is 17.4 Å². The number of rotatable bonds is 2. The lowest BCUT2D eigenvalue weighted by Gasteiger charge is -2.34. The van der Waals surface area contributed by atoms with Crippen molar-refractivity contribution in [2.75, 3.05) is 18.4 Å². The SMILES string of the molecule is CC(C)(C)OC(=O)N1CCC[C@@H](Nc2ncnc(Cl)n2)C1. The molecule has 1 aromatic heterocycles. The van der Waals surface area contributed by atoms with Crippen molar-refractivity contribution in [3.8, 4) is 0 Å². The molecule has 1 aliphatic rings. The minimum Gasteiger partial charge on any atom is -0.444 e. The van der Waals surface area contributed by atoms with E-state index in [4.69, 9.17) is 16.3 Å². The average molecular weight is 314 g/mol. The van der Waals surface area contributed by atoms with Gasteiger partial charge >= 0.3 is 6.09 Å². The Kier molecular flexibility index (Phi) is 4.82. The van der Waals surface area contributed by atoms with E-state index in [9.17, 15) is 4.79 Å². The summed E-state index contributed by atoms with van der Waals surface area (Å²) in [6.07, 6.45) is 2.90. The maximum atomic E-state index is 12.1. The van der Waals surface area contributed by atoms with Crippen LogP contribution in [0.2, 0.25) is 5.28 Å². The molecule has 1 aromatic rings. The molecule has 8 heteroatoms. The minimum absolute atomic E-state index is 0.0738. The molecule has 0 aromatic carbocycles. The number of anilines is 1. The van der Waals surface area contributed by atoms with E-state index in [1.165, 1.54) is 6.33 Å². The Morgan fingerprint density at radius 2 is 2.24 bits per heavy atom. The molecule has 1 saturated heterocycles. The van der Waals surface area contributed by atoms with Gasteiger partial charge < -0.3 is 15.0 Å². The largest absolute Gasteiger partial charge is 0.444 e. The lowest BCUT2D eigenvalue weighted by atomic mass is 10.1. The molecule has 1 aliphatic heterocycles. The molecule has 0 saturated carbocycles. The van der Waals surface area contributed by atoms with E-state index in [0.29, 0.717) is 19.0 Å². The third kappa shape index (κ3) is 5.00. The number of nitrogens with zero attached hydrogens (tertiary/aromatic N) is 4. The molecular formula is C13H20ClN5O2. The quantitative estimate of drug-likeness (QED) is 0.902. The number of amides is 1. The molecule has 0 spiro atoms. The summed E-state index contributed by atoms with van der Waals surface area (Å²) in [5, 5.41) is 3.32. The normalized spacial score (nSPS) is 19.2. The predicted octanol–water partition coefficient (Wildman–Crippen LogP) is 2.34. The molecule has 0 aliphatic carbocycles. The highest BCUT2D eigenvalue weighted by Crippen LogP contribution is 2.17. The zero-order chi connectivity index (χ0) is 15.5. The Labute approximate surface area is 129 Å². The van der Waals surface area contributed by atoms with Crippen molar-refractivity contribution in [1.82, 2.24) is 19.9 Å². The Morgan fingerprint density at radius 3 is 2.90 bits per heavy atom. The van der Waals surface area contributed by atoms with Crippen molar-refractivity contribution in [3.05, 3.63) is 11.6 Å². The van der Waals surface area contributed by atoms with Crippen LogP contribution >= 0.6 is 11.6 Å². The van der Waals surface area contributed by atoms with Gasteiger partial charge in [0.1, 0.15) is 11.9 Å². The van der Waals surface area contributed by atoms with Gasteiger partial charge in [0.25, 0.3) is 0 Å². The summed E-state index contributed by atoms with van der Waals surface area (Å²) in [6, 6.07) is 0.0738. The number of carbonyl (C=O) groups excluding carboxylic acids is 1. The van der Waals surface area contributed by atoms with E-state index in [2.05, 4.69) is 20.3 Å². The van der Waals surface area contributed by atoms with Crippen molar-refractivity contribution in [2.45, 2.75) is 45.3 Å². The van der Waals surface area contributed by atoms with Gasteiger partial charge in [0.15, 0.2) is 0 Å². The van der Waals surface area contributed by atoms with Crippen LogP contribution in [0.4, 0.5) is 10.7 Å². The van der Waals surface area contributed by atoms with E-state index in [1.54, 1.807) is 4.90 Å². The average Bonchev–Trinajstić information content (AvgIpc) is 2.37. The van der Waals surface area contributed by atoms with Gasteiger partial charge in [-0.1, -0.05) is 0 Å². The third-order valence-electron chi connectivity index (χ3n) is 2.95. The number of halogens is 1. The van der Waals surface area contributed by atoms with E-state index < -0.39 is 5.60 Å². The number of aromatic nitrogens is 3. The lowest BCUT2D eigenvalue weighted by molar-refractivity contribution is 0.0206. The molecule has 0 radical (unpaired) electrons. The molecule has 7 nitrogen and oxygen atoms in total. The van der Waals surface area contributed by atoms with Crippen molar-refractivity contribution >= 4 is 23.6 Å². The summed E-state index contributed by atoms with van der Waals surface area (Å²) in [5.41, 5.74) is -0.487. The zero-order valence-corrected chi connectivity index (χ0v) is 13.2. The Hall–Kier alpha value is -1.63. The first kappa shape index (κ1) is 15.8. The second-order valence-corrected chi connectivity index (χ2v) is 6.33. The summed E-state index contributed by atoms with van der Waals surface area (Å²) < 4.78 is 5.39. The first-order valence-electron chi connectivity index (χ1n) is 6.92. The van der Waals surface area contributed by atoms with Gasteiger partial charge in [0.05, 0.1) is 0 Å². The fourth-order valence-corrected chi connectivity index (χ4v) is 2.24. The van der Waals surface area contributed by atoms with Crippen LogP contribution in [0, 0.1) is 0 Å². The van der Waals surface area contributed by atoms with Gasteiger partial charge in [-0.25, -0.2) is 14.8 Å². The van der Waals surface area contributed by atoms with E-state index in [0.717, 1.165) is 12.8 Å². The highest BCUT2D eigenvalue weighted by Gasteiger charge is 2.27. The summed E-state index contributed by atoms with van der Waals surface area (Å²) in [5.74, 6) is 0.422. The maximum Gasteiger partial charge on any atom is 0.410 e. The molecule has 21 heavy (non-hydrogen) atoms. The molecule has 1 atom stereocenters. The molecule has 0 bridgehead atoms. The molecule has 1 amide bonds. The van der Waals surface area contributed by atoms with Crippen molar-refractivity contribution in [2.24, 2.45) is 0 Å². The van der Waals surface area contributed by atoms with Crippen LogP contribution in [-0.2, 0) is 4.74 Å². The Bertz CT molecular complexity index is 506. The Balaban J connectivity index is 1.93. The van der Waals surface area contributed by atoms with Gasteiger partial charge in [0.2, 0.25) is 11.2 Å².